The molecule has 1 aliphatic heterocycles. The summed E-state index contributed by atoms with van der Waals surface area (Å²) in [7, 11) is 0. The van der Waals surface area contributed by atoms with E-state index in [2.05, 4.69) is 5.32 Å². The molecular formula is C15H24N2O. The minimum Gasteiger partial charge on any atom is -0.337 e. The molecule has 3 nitrogen and oxygen atoms in total. The first-order valence-corrected chi connectivity index (χ1v) is 7.11. The molecule has 0 aromatic carbocycles. The van der Waals surface area contributed by atoms with Gasteiger partial charge >= 0.3 is 0 Å². The molecule has 1 saturated carbocycles. The Morgan fingerprint density at radius 3 is 2.72 bits per heavy atom. The van der Waals surface area contributed by atoms with Crippen molar-refractivity contribution in [1.29, 1.82) is 0 Å². The number of hydrogen-bond acceptors (Lipinski definition) is 2. The Kier molecular flexibility index (Phi) is 5.00. The van der Waals surface area contributed by atoms with E-state index in [-0.39, 0.29) is 5.91 Å². The lowest BCUT2D eigenvalue weighted by atomic mass is 10.2. The second kappa shape index (κ2) is 6.74. The molecule has 100 valence electrons. The van der Waals surface area contributed by atoms with Crippen LogP contribution in [0.4, 0.5) is 0 Å². The van der Waals surface area contributed by atoms with Gasteiger partial charge in [0.1, 0.15) is 0 Å². The number of carbonyl (C=O) groups is 1. The lowest BCUT2D eigenvalue weighted by Crippen LogP contribution is -2.41. The van der Waals surface area contributed by atoms with Gasteiger partial charge in [-0.3, -0.25) is 4.79 Å². The molecule has 0 spiro atoms. The van der Waals surface area contributed by atoms with Crippen LogP contribution < -0.4 is 5.32 Å². The number of nitrogens with one attached hydrogen (secondary N) is 1. The molecule has 0 bridgehead atoms. The molecule has 0 aromatic heterocycles. The van der Waals surface area contributed by atoms with E-state index < -0.39 is 0 Å². The highest BCUT2D eigenvalue weighted by Crippen LogP contribution is 2.30. The van der Waals surface area contributed by atoms with Crippen LogP contribution in [0.25, 0.3) is 0 Å². The fourth-order valence-electron chi connectivity index (χ4n) is 2.40. The van der Waals surface area contributed by atoms with E-state index in [0.717, 1.165) is 25.6 Å². The Bertz CT molecular complexity index is 325. The first-order chi connectivity index (χ1) is 8.79. The molecule has 1 N–H and O–H groups in total. The van der Waals surface area contributed by atoms with Crippen molar-refractivity contribution >= 4 is 5.91 Å². The van der Waals surface area contributed by atoms with Gasteiger partial charge in [-0.1, -0.05) is 18.2 Å². The molecule has 0 radical (unpaired) electrons. The molecular weight excluding hydrogens is 224 g/mol. The third-order valence-corrected chi connectivity index (χ3v) is 3.63. The van der Waals surface area contributed by atoms with Gasteiger partial charge in [-0.2, -0.15) is 0 Å². The lowest BCUT2D eigenvalue weighted by Gasteiger charge is -2.24. The molecule has 3 heteroatoms. The van der Waals surface area contributed by atoms with E-state index in [4.69, 9.17) is 0 Å². The Balaban J connectivity index is 1.87. The minimum atomic E-state index is 0.161. The standard InChI is InChI=1S/C15H24N2O/c1-2-3-4-7-15(18)17(11-13-8-9-13)12-14-6-5-10-16-14/h2-4,7,13-14,16H,5-6,8-12H2,1H3. The van der Waals surface area contributed by atoms with Crippen molar-refractivity contribution in [2.75, 3.05) is 19.6 Å². The molecule has 0 aromatic rings. The van der Waals surface area contributed by atoms with E-state index in [0.29, 0.717) is 6.04 Å². The van der Waals surface area contributed by atoms with Gasteiger partial charge in [0, 0.05) is 25.2 Å². The zero-order chi connectivity index (χ0) is 12.8. The van der Waals surface area contributed by atoms with Crippen LogP contribution in [0, 0.1) is 5.92 Å². The molecule has 1 aliphatic carbocycles. The molecule has 1 amide bonds. The largest absolute Gasteiger partial charge is 0.337 e. The van der Waals surface area contributed by atoms with E-state index in [9.17, 15) is 4.79 Å². The average Bonchev–Trinajstić information content (AvgIpc) is 3.03. The molecule has 18 heavy (non-hydrogen) atoms. The second-order valence-electron chi connectivity index (χ2n) is 5.36. The maximum Gasteiger partial charge on any atom is 0.246 e. The molecule has 1 heterocycles. The number of carbonyl (C=O) groups excluding carboxylic acids is 1. The summed E-state index contributed by atoms with van der Waals surface area (Å²) in [5, 5.41) is 3.47. The molecule has 2 rings (SSSR count). The monoisotopic (exact) mass is 248 g/mol. The normalized spacial score (nSPS) is 24.2. The maximum atomic E-state index is 12.1. The van der Waals surface area contributed by atoms with Crippen molar-refractivity contribution in [3.05, 3.63) is 24.3 Å². The molecule has 2 aliphatic rings. The predicted octanol–water partition coefficient (Wildman–Crippen LogP) is 2.11. The highest BCUT2D eigenvalue weighted by atomic mass is 16.2. The van der Waals surface area contributed by atoms with Crippen LogP contribution in [0.5, 0.6) is 0 Å². The highest BCUT2D eigenvalue weighted by molar-refractivity contribution is 5.87. The maximum absolute atomic E-state index is 12.1. The first-order valence-electron chi connectivity index (χ1n) is 7.11. The van der Waals surface area contributed by atoms with Gasteiger partial charge in [-0.05, 0) is 45.1 Å². The van der Waals surface area contributed by atoms with Crippen molar-refractivity contribution < 1.29 is 4.79 Å². The number of allylic oxidation sites excluding steroid dienone is 3. The third-order valence-electron chi connectivity index (χ3n) is 3.63. The van der Waals surface area contributed by atoms with Gasteiger partial charge in [-0.15, -0.1) is 0 Å². The van der Waals surface area contributed by atoms with E-state index in [1.165, 1.54) is 25.7 Å². The van der Waals surface area contributed by atoms with Gasteiger partial charge in [0.15, 0.2) is 0 Å². The minimum absolute atomic E-state index is 0.161. The molecule has 1 unspecified atom stereocenters. The van der Waals surface area contributed by atoms with Gasteiger partial charge in [0.2, 0.25) is 5.91 Å². The Labute approximate surface area is 110 Å². The zero-order valence-corrected chi connectivity index (χ0v) is 11.3. The number of rotatable bonds is 6. The van der Waals surface area contributed by atoms with Crippen molar-refractivity contribution in [2.45, 2.75) is 38.6 Å². The number of nitrogens with zero attached hydrogens (tertiary/aromatic N) is 1. The summed E-state index contributed by atoms with van der Waals surface area (Å²) in [6.07, 6.45) is 12.4. The van der Waals surface area contributed by atoms with Crippen LogP contribution in [0.15, 0.2) is 24.3 Å². The van der Waals surface area contributed by atoms with Gasteiger partial charge < -0.3 is 10.2 Å². The van der Waals surface area contributed by atoms with Crippen LogP contribution in [0.1, 0.15) is 32.6 Å². The quantitative estimate of drug-likeness (QED) is 0.577. The summed E-state index contributed by atoms with van der Waals surface area (Å²) in [6, 6.07) is 0.503. The van der Waals surface area contributed by atoms with Gasteiger partial charge in [-0.25, -0.2) is 0 Å². The van der Waals surface area contributed by atoms with E-state index in [1.54, 1.807) is 6.08 Å². The lowest BCUT2D eigenvalue weighted by molar-refractivity contribution is -0.126. The first kappa shape index (κ1) is 13.3. The Morgan fingerprint density at radius 1 is 1.28 bits per heavy atom. The van der Waals surface area contributed by atoms with Crippen LogP contribution >= 0.6 is 0 Å². The van der Waals surface area contributed by atoms with Crippen molar-refractivity contribution in [3.8, 4) is 0 Å². The van der Waals surface area contributed by atoms with Gasteiger partial charge in [0.25, 0.3) is 0 Å². The summed E-state index contributed by atoms with van der Waals surface area (Å²) < 4.78 is 0. The van der Waals surface area contributed by atoms with Crippen LogP contribution in [0.2, 0.25) is 0 Å². The number of hydrogen-bond donors (Lipinski definition) is 1. The fraction of sp³-hybridized carbons (Fsp3) is 0.667. The fourth-order valence-corrected chi connectivity index (χ4v) is 2.40. The second-order valence-corrected chi connectivity index (χ2v) is 5.36. The summed E-state index contributed by atoms with van der Waals surface area (Å²) in [4.78, 5) is 14.2. The van der Waals surface area contributed by atoms with Crippen LogP contribution in [-0.4, -0.2) is 36.5 Å². The van der Waals surface area contributed by atoms with E-state index in [1.807, 2.05) is 30.1 Å². The summed E-state index contributed by atoms with van der Waals surface area (Å²) >= 11 is 0. The predicted molar refractivity (Wildman–Crippen MR) is 74.3 cm³/mol. The summed E-state index contributed by atoms with van der Waals surface area (Å²) in [5.74, 6) is 0.916. The van der Waals surface area contributed by atoms with Crippen molar-refractivity contribution in [3.63, 3.8) is 0 Å². The topological polar surface area (TPSA) is 32.3 Å². The van der Waals surface area contributed by atoms with Crippen molar-refractivity contribution in [2.24, 2.45) is 5.92 Å². The highest BCUT2D eigenvalue weighted by Gasteiger charge is 2.28. The summed E-state index contributed by atoms with van der Waals surface area (Å²) in [5.41, 5.74) is 0. The van der Waals surface area contributed by atoms with Crippen LogP contribution in [0.3, 0.4) is 0 Å². The summed E-state index contributed by atoms with van der Waals surface area (Å²) in [6.45, 7) is 4.87. The Morgan fingerprint density at radius 2 is 2.11 bits per heavy atom. The smallest absolute Gasteiger partial charge is 0.246 e. The van der Waals surface area contributed by atoms with Gasteiger partial charge in [0.05, 0.1) is 0 Å². The zero-order valence-electron chi connectivity index (χ0n) is 11.3. The van der Waals surface area contributed by atoms with E-state index >= 15 is 0 Å². The molecule has 1 saturated heterocycles. The molecule has 2 fully saturated rings. The Hall–Kier alpha value is -1.09. The average molecular weight is 248 g/mol. The SMILES string of the molecule is CC=CC=CC(=O)N(CC1CC1)CC1CCCN1. The third kappa shape index (κ3) is 4.30. The molecule has 1 atom stereocenters. The number of amides is 1. The van der Waals surface area contributed by atoms with Crippen LogP contribution in [-0.2, 0) is 4.79 Å². The van der Waals surface area contributed by atoms with Crippen molar-refractivity contribution in [1.82, 2.24) is 10.2 Å².